The maximum absolute atomic E-state index is 12.8. The number of aromatic nitrogens is 2. The zero-order chi connectivity index (χ0) is 12.6. The van der Waals surface area contributed by atoms with Crippen molar-refractivity contribution in [3.8, 4) is 11.3 Å². The maximum Gasteiger partial charge on any atom is 0.417 e. The Hall–Kier alpha value is -1.98. The van der Waals surface area contributed by atoms with Gasteiger partial charge in [0.05, 0.1) is 11.3 Å². The highest BCUT2D eigenvalue weighted by Crippen LogP contribution is 2.36. The van der Waals surface area contributed by atoms with Gasteiger partial charge in [-0.3, -0.25) is 4.68 Å². The van der Waals surface area contributed by atoms with Gasteiger partial charge in [0.15, 0.2) is 0 Å². The van der Waals surface area contributed by atoms with Gasteiger partial charge in [-0.1, -0.05) is 18.2 Å². The average molecular weight is 241 g/mol. The van der Waals surface area contributed by atoms with Crippen LogP contribution in [0.5, 0.6) is 0 Å². The van der Waals surface area contributed by atoms with Crippen molar-refractivity contribution in [1.82, 2.24) is 9.78 Å². The van der Waals surface area contributed by atoms with Crippen LogP contribution in [0.1, 0.15) is 5.56 Å². The molecule has 2 N–H and O–H groups in total. The number of hydrogen-bond donors (Lipinski definition) is 1. The SMILES string of the molecule is Cn1nc(N)cc1-c1ccccc1C(F)(F)F. The Morgan fingerprint density at radius 3 is 2.41 bits per heavy atom. The van der Waals surface area contributed by atoms with Crippen LogP contribution in [0.25, 0.3) is 11.3 Å². The fraction of sp³-hybridized carbons (Fsp3) is 0.182. The van der Waals surface area contributed by atoms with E-state index in [9.17, 15) is 13.2 Å². The van der Waals surface area contributed by atoms with Crippen LogP contribution in [-0.4, -0.2) is 9.78 Å². The van der Waals surface area contributed by atoms with Gasteiger partial charge < -0.3 is 5.73 Å². The number of benzene rings is 1. The second-order valence-electron chi connectivity index (χ2n) is 3.62. The Bertz CT molecular complexity index is 543. The van der Waals surface area contributed by atoms with E-state index in [2.05, 4.69) is 5.10 Å². The summed E-state index contributed by atoms with van der Waals surface area (Å²) >= 11 is 0. The first kappa shape index (κ1) is 11.5. The molecule has 0 saturated carbocycles. The van der Waals surface area contributed by atoms with Crippen LogP contribution in [0.3, 0.4) is 0 Å². The van der Waals surface area contributed by atoms with Crippen molar-refractivity contribution in [2.45, 2.75) is 6.18 Å². The van der Waals surface area contributed by atoms with Gasteiger partial charge in [-0.15, -0.1) is 0 Å². The number of hydrogen-bond acceptors (Lipinski definition) is 2. The molecule has 0 aliphatic heterocycles. The van der Waals surface area contributed by atoms with Gasteiger partial charge in [0.1, 0.15) is 5.82 Å². The van der Waals surface area contributed by atoms with E-state index in [1.165, 1.54) is 22.9 Å². The van der Waals surface area contributed by atoms with Crippen LogP contribution in [-0.2, 0) is 13.2 Å². The molecule has 0 aliphatic carbocycles. The number of nitrogens with zero attached hydrogens (tertiary/aromatic N) is 2. The minimum absolute atomic E-state index is 0.0756. The number of anilines is 1. The van der Waals surface area contributed by atoms with Crippen LogP contribution < -0.4 is 5.73 Å². The molecule has 6 heteroatoms. The van der Waals surface area contributed by atoms with Gasteiger partial charge in [0.2, 0.25) is 0 Å². The van der Waals surface area contributed by atoms with Gasteiger partial charge in [0.25, 0.3) is 0 Å². The van der Waals surface area contributed by atoms with Gasteiger partial charge in [0, 0.05) is 18.7 Å². The van der Waals surface area contributed by atoms with Crippen LogP contribution in [0.2, 0.25) is 0 Å². The predicted molar refractivity (Wildman–Crippen MR) is 58.1 cm³/mol. The van der Waals surface area contributed by atoms with Crippen molar-refractivity contribution < 1.29 is 13.2 Å². The summed E-state index contributed by atoms with van der Waals surface area (Å²) in [6, 6.07) is 6.77. The molecule has 0 radical (unpaired) electrons. The molecule has 0 fully saturated rings. The van der Waals surface area contributed by atoms with E-state index in [4.69, 9.17) is 5.73 Å². The molecular weight excluding hydrogens is 231 g/mol. The lowest BCUT2D eigenvalue weighted by Crippen LogP contribution is -2.08. The van der Waals surface area contributed by atoms with Crippen molar-refractivity contribution in [3.05, 3.63) is 35.9 Å². The summed E-state index contributed by atoms with van der Waals surface area (Å²) < 4.78 is 39.8. The fourth-order valence-electron chi connectivity index (χ4n) is 1.70. The van der Waals surface area contributed by atoms with E-state index in [0.717, 1.165) is 6.07 Å². The summed E-state index contributed by atoms with van der Waals surface area (Å²) in [7, 11) is 1.55. The normalized spacial score (nSPS) is 11.8. The van der Waals surface area contributed by atoms with Crippen molar-refractivity contribution in [1.29, 1.82) is 0 Å². The smallest absolute Gasteiger partial charge is 0.382 e. The Labute approximate surface area is 95.7 Å². The monoisotopic (exact) mass is 241 g/mol. The van der Waals surface area contributed by atoms with E-state index in [1.54, 1.807) is 13.1 Å². The molecule has 1 aromatic heterocycles. The average Bonchev–Trinajstić information content (AvgIpc) is 2.56. The highest BCUT2D eigenvalue weighted by atomic mass is 19.4. The second kappa shape index (κ2) is 3.80. The summed E-state index contributed by atoms with van der Waals surface area (Å²) in [5.41, 5.74) is 5.19. The van der Waals surface area contributed by atoms with Crippen LogP contribution in [0, 0.1) is 0 Å². The largest absolute Gasteiger partial charge is 0.417 e. The van der Waals surface area contributed by atoms with E-state index >= 15 is 0 Å². The highest BCUT2D eigenvalue weighted by Gasteiger charge is 2.33. The van der Waals surface area contributed by atoms with Gasteiger partial charge >= 0.3 is 6.18 Å². The molecule has 3 nitrogen and oxygen atoms in total. The topological polar surface area (TPSA) is 43.8 Å². The first-order valence-electron chi connectivity index (χ1n) is 4.85. The van der Waals surface area contributed by atoms with Crippen molar-refractivity contribution in [3.63, 3.8) is 0 Å². The molecule has 2 rings (SSSR count). The molecule has 0 aliphatic rings. The van der Waals surface area contributed by atoms with Gasteiger partial charge in [-0.2, -0.15) is 18.3 Å². The second-order valence-corrected chi connectivity index (χ2v) is 3.62. The Morgan fingerprint density at radius 1 is 1.24 bits per heavy atom. The first-order valence-corrected chi connectivity index (χ1v) is 4.85. The molecule has 0 spiro atoms. The molecule has 17 heavy (non-hydrogen) atoms. The van der Waals surface area contributed by atoms with E-state index < -0.39 is 11.7 Å². The third-order valence-electron chi connectivity index (χ3n) is 2.41. The maximum atomic E-state index is 12.8. The van der Waals surface area contributed by atoms with E-state index in [0.29, 0.717) is 5.69 Å². The van der Waals surface area contributed by atoms with Crippen molar-refractivity contribution in [2.24, 2.45) is 7.05 Å². The number of nitrogen functional groups attached to an aromatic ring is 1. The van der Waals surface area contributed by atoms with Crippen LogP contribution in [0.4, 0.5) is 19.0 Å². The van der Waals surface area contributed by atoms with Gasteiger partial charge in [-0.05, 0) is 6.07 Å². The number of rotatable bonds is 1. The fourth-order valence-corrected chi connectivity index (χ4v) is 1.70. The molecule has 0 amide bonds. The Morgan fingerprint density at radius 2 is 1.88 bits per heavy atom. The third-order valence-corrected chi connectivity index (χ3v) is 2.41. The molecule has 0 unspecified atom stereocenters. The number of nitrogens with two attached hydrogens (primary N) is 1. The van der Waals surface area contributed by atoms with Crippen molar-refractivity contribution >= 4 is 5.82 Å². The lowest BCUT2D eigenvalue weighted by Gasteiger charge is -2.12. The standard InChI is InChI=1S/C11H10F3N3/c1-17-9(6-10(15)16-17)7-4-2-3-5-8(7)11(12,13)14/h2-6H,1H3,(H2,15,16). The Balaban J connectivity index is 2.64. The highest BCUT2D eigenvalue weighted by molar-refractivity contribution is 5.67. The molecule has 2 aromatic rings. The lowest BCUT2D eigenvalue weighted by molar-refractivity contribution is -0.137. The van der Waals surface area contributed by atoms with Crippen LogP contribution in [0.15, 0.2) is 30.3 Å². The van der Waals surface area contributed by atoms with Crippen LogP contribution >= 0.6 is 0 Å². The molecule has 0 bridgehead atoms. The van der Waals surface area contributed by atoms with Crippen molar-refractivity contribution in [2.75, 3.05) is 5.73 Å². The number of alkyl halides is 3. The van der Waals surface area contributed by atoms with E-state index in [-0.39, 0.29) is 11.4 Å². The molecule has 0 saturated heterocycles. The van der Waals surface area contributed by atoms with E-state index in [1.807, 2.05) is 0 Å². The quantitative estimate of drug-likeness (QED) is 0.834. The molecule has 1 aromatic carbocycles. The summed E-state index contributed by atoms with van der Waals surface area (Å²) in [4.78, 5) is 0. The molecule has 90 valence electrons. The Kier molecular flexibility index (Phi) is 2.57. The molecular formula is C11H10F3N3. The summed E-state index contributed by atoms with van der Waals surface area (Å²) in [5, 5.41) is 3.84. The van der Waals surface area contributed by atoms with Gasteiger partial charge in [-0.25, -0.2) is 0 Å². The minimum atomic E-state index is -4.39. The summed E-state index contributed by atoms with van der Waals surface area (Å²) in [6.45, 7) is 0. The molecule has 1 heterocycles. The minimum Gasteiger partial charge on any atom is -0.382 e. The first-order chi connectivity index (χ1) is 7.89. The molecule has 0 atom stereocenters. The predicted octanol–water partition coefficient (Wildman–Crippen LogP) is 2.69. The zero-order valence-electron chi connectivity index (χ0n) is 8.99. The summed E-state index contributed by atoms with van der Waals surface area (Å²) in [6.07, 6.45) is -4.39. The summed E-state index contributed by atoms with van der Waals surface area (Å²) in [5.74, 6) is 0.194. The lowest BCUT2D eigenvalue weighted by atomic mass is 10.0. The zero-order valence-corrected chi connectivity index (χ0v) is 8.99. The third kappa shape index (κ3) is 2.11. The number of aryl methyl sites for hydroxylation is 1. The number of halogens is 3.